The zero-order valence-corrected chi connectivity index (χ0v) is 15.0. The Morgan fingerprint density at radius 1 is 1.08 bits per heavy atom. The molecule has 0 saturated heterocycles. The third-order valence-corrected chi connectivity index (χ3v) is 3.71. The number of urea groups is 1. The first kappa shape index (κ1) is 19.5. The van der Waals surface area contributed by atoms with E-state index in [0.717, 1.165) is 5.56 Å². The van der Waals surface area contributed by atoms with Gasteiger partial charge in [-0.05, 0) is 31.5 Å². The van der Waals surface area contributed by atoms with Crippen molar-refractivity contribution in [1.82, 2.24) is 10.6 Å². The molecule has 1 heterocycles. The Bertz CT molecular complexity index is 711. The molecule has 0 radical (unpaired) electrons. The fourth-order valence-corrected chi connectivity index (χ4v) is 2.52. The summed E-state index contributed by atoms with van der Waals surface area (Å²) in [6, 6.07) is 5.75. The highest BCUT2D eigenvalue weighted by atomic mass is 16.5. The molecule has 0 fully saturated rings. The molecule has 0 spiro atoms. The Morgan fingerprint density at radius 2 is 1.77 bits per heavy atom. The van der Waals surface area contributed by atoms with Crippen molar-refractivity contribution >= 4 is 18.0 Å². The maximum Gasteiger partial charge on any atom is 0.338 e. The lowest BCUT2D eigenvalue weighted by molar-refractivity contribution is -0.139. The first-order valence-corrected chi connectivity index (χ1v) is 8.19. The van der Waals surface area contributed by atoms with Crippen LogP contribution >= 0.6 is 0 Å². The van der Waals surface area contributed by atoms with E-state index in [0.29, 0.717) is 12.2 Å². The third kappa shape index (κ3) is 4.82. The van der Waals surface area contributed by atoms with Crippen LogP contribution < -0.4 is 10.6 Å². The fourth-order valence-electron chi connectivity index (χ4n) is 2.52. The number of benzene rings is 1. The molecular weight excluding hydrogens is 340 g/mol. The molecule has 1 aromatic carbocycles. The zero-order chi connectivity index (χ0) is 19.1. The average molecular weight is 362 g/mol. The quantitative estimate of drug-likeness (QED) is 0.713. The summed E-state index contributed by atoms with van der Waals surface area (Å²) in [5.74, 6) is -1.13. The first-order chi connectivity index (χ1) is 12.5. The van der Waals surface area contributed by atoms with Crippen LogP contribution in [0, 0.1) is 0 Å². The molecule has 0 saturated carbocycles. The number of methoxy groups -OCH3 is 1. The van der Waals surface area contributed by atoms with Gasteiger partial charge in [0.15, 0.2) is 0 Å². The van der Waals surface area contributed by atoms with Crippen molar-refractivity contribution in [3.05, 3.63) is 46.7 Å². The summed E-state index contributed by atoms with van der Waals surface area (Å²) in [7, 11) is 1.59. The SMILES string of the molecule is CCOC(=O)C1=C(COC(=O)c2ccc(COC)cc2)NC(=O)N[C@H]1C. The van der Waals surface area contributed by atoms with Gasteiger partial charge in [0.05, 0.1) is 36.1 Å². The molecule has 8 nitrogen and oxygen atoms in total. The lowest BCUT2D eigenvalue weighted by Gasteiger charge is -2.26. The molecule has 2 N–H and O–H groups in total. The zero-order valence-electron chi connectivity index (χ0n) is 15.0. The Balaban J connectivity index is 2.10. The van der Waals surface area contributed by atoms with Crippen molar-refractivity contribution in [1.29, 1.82) is 0 Å². The van der Waals surface area contributed by atoms with Gasteiger partial charge in [-0.25, -0.2) is 14.4 Å². The van der Waals surface area contributed by atoms with Gasteiger partial charge in [-0.2, -0.15) is 0 Å². The first-order valence-electron chi connectivity index (χ1n) is 8.19. The molecule has 0 unspecified atom stereocenters. The summed E-state index contributed by atoms with van der Waals surface area (Å²) >= 11 is 0. The number of hydrogen-bond donors (Lipinski definition) is 2. The number of ether oxygens (including phenoxy) is 3. The summed E-state index contributed by atoms with van der Waals surface area (Å²) in [6.07, 6.45) is 0. The van der Waals surface area contributed by atoms with Gasteiger partial charge in [-0.1, -0.05) is 12.1 Å². The van der Waals surface area contributed by atoms with Crippen molar-refractivity contribution in [2.24, 2.45) is 0 Å². The van der Waals surface area contributed by atoms with Crippen molar-refractivity contribution in [2.75, 3.05) is 20.3 Å². The molecule has 26 heavy (non-hydrogen) atoms. The Hall–Kier alpha value is -2.87. The van der Waals surface area contributed by atoms with Crippen molar-refractivity contribution < 1.29 is 28.6 Å². The number of amides is 2. The van der Waals surface area contributed by atoms with Gasteiger partial charge in [0.2, 0.25) is 0 Å². The van der Waals surface area contributed by atoms with Crippen molar-refractivity contribution in [3.8, 4) is 0 Å². The minimum absolute atomic E-state index is 0.198. The van der Waals surface area contributed by atoms with E-state index in [2.05, 4.69) is 10.6 Å². The smallest absolute Gasteiger partial charge is 0.338 e. The number of nitrogens with one attached hydrogen (secondary N) is 2. The molecule has 0 aliphatic carbocycles. The molecule has 140 valence electrons. The van der Waals surface area contributed by atoms with Crippen LogP contribution in [0.2, 0.25) is 0 Å². The van der Waals surface area contributed by atoms with E-state index in [1.165, 1.54) is 0 Å². The summed E-state index contributed by atoms with van der Waals surface area (Å²) in [5.41, 5.74) is 1.73. The maximum atomic E-state index is 12.2. The summed E-state index contributed by atoms with van der Waals surface area (Å²) in [6.45, 7) is 3.74. The molecule has 1 aromatic rings. The molecule has 2 rings (SSSR count). The highest BCUT2D eigenvalue weighted by molar-refractivity contribution is 5.95. The second-order valence-corrected chi connectivity index (χ2v) is 5.64. The second-order valence-electron chi connectivity index (χ2n) is 5.64. The highest BCUT2D eigenvalue weighted by Gasteiger charge is 2.30. The van der Waals surface area contributed by atoms with Crippen LogP contribution in [-0.2, 0) is 25.6 Å². The van der Waals surface area contributed by atoms with Crippen LogP contribution in [0.3, 0.4) is 0 Å². The van der Waals surface area contributed by atoms with Crippen LogP contribution in [0.1, 0.15) is 29.8 Å². The maximum absolute atomic E-state index is 12.2. The summed E-state index contributed by atoms with van der Waals surface area (Å²) in [4.78, 5) is 36.0. The van der Waals surface area contributed by atoms with Gasteiger partial charge in [0.25, 0.3) is 0 Å². The summed E-state index contributed by atoms with van der Waals surface area (Å²) in [5, 5.41) is 5.08. The van der Waals surface area contributed by atoms with E-state index in [1.54, 1.807) is 45.2 Å². The Morgan fingerprint density at radius 3 is 2.38 bits per heavy atom. The van der Waals surface area contributed by atoms with E-state index in [1.807, 2.05) is 0 Å². The van der Waals surface area contributed by atoms with E-state index >= 15 is 0 Å². The van der Waals surface area contributed by atoms with Crippen molar-refractivity contribution in [2.45, 2.75) is 26.5 Å². The highest BCUT2D eigenvalue weighted by Crippen LogP contribution is 2.15. The largest absolute Gasteiger partial charge is 0.463 e. The predicted octanol–water partition coefficient (Wildman–Crippen LogP) is 1.51. The third-order valence-electron chi connectivity index (χ3n) is 3.71. The normalized spacial score (nSPS) is 16.6. The predicted molar refractivity (Wildman–Crippen MR) is 92.2 cm³/mol. The Labute approximate surface area is 151 Å². The molecule has 2 amide bonds. The molecule has 1 atom stereocenters. The number of esters is 2. The van der Waals surface area contributed by atoms with Crippen molar-refractivity contribution in [3.63, 3.8) is 0 Å². The van der Waals surface area contributed by atoms with E-state index in [-0.39, 0.29) is 24.5 Å². The number of carbonyl (C=O) groups is 3. The van der Waals surface area contributed by atoms with Gasteiger partial charge in [0, 0.05) is 7.11 Å². The van der Waals surface area contributed by atoms with Gasteiger partial charge in [0.1, 0.15) is 6.61 Å². The number of rotatable bonds is 7. The van der Waals surface area contributed by atoms with E-state index in [4.69, 9.17) is 14.2 Å². The average Bonchev–Trinajstić information content (AvgIpc) is 2.60. The van der Waals surface area contributed by atoms with Crippen LogP contribution in [0.4, 0.5) is 4.79 Å². The lowest BCUT2D eigenvalue weighted by Crippen LogP contribution is -2.50. The van der Waals surface area contributed by atoms with Gasteiger partial charge >= 0.3 is 18.0 Å². The van der Waals surface area contributed by atoms with E-state index in [9.17, 15) is 14.4 Å². The van der Waals surface area contributed by atoms with Crippen LogP contribution in [0.15, 0.2) is 35.5 Å². The van der Waals surface area contributed by atoms with Gasteiger partial charge in [-0.15, -0.1) is 0 Å². The lowest BCUT2D eigenvalue weighted by atomic mass is 10.0. The molecule has 0 bridgehead atoms. The van der Waals surface area contributed by atoms with Crippen LogP contribution in [0.25, 0.3) is 0 Å². The van der Waals surface area contributed by atoms with Gasteiger partial charge in [-0.3, -0.25) is 0 Å². The molecular formula is C18H22N2O6. The standard InChI is InChI=1S/C18H22N2O6/c1-4-25-17(22)15-11(2)19-18(23)20-14(15)10-26-16(21)13-7-5-12(6-8-13)9-24-3/h5-8,11H,4,9-10H2,1-3H3,(H2,19,20,23)/t11-/m0/s1. The molecule has 0 aromatic heterocycles. The molecule has 1 aliphatic rings. The minimum atomic E-state index is -0.567. The molecule has 1 aliphatic heterocycles. The van der Waals surface area contributed by atoms with E-state index < -0.39 is 24.0 Å². The summed E-state index contributed by atoms with van der Waals surface area (Å²) < 4.78 is 15.3. The minimum Gasteiger partial charge on any atom is -0.463 e. The number of carbonyl (C=O) groups excluding carboxylic acids is 3. The van der Waals surface area contributed by atoms with Crippen LogP contribution in [0.5, 0.6) is 0 Å². The van der Waals surface area contributed by atoms with Crippen LogP contribution in [-0.4, -0.2) is 44.3 Å². The topological polar surface area (TPSA) is 103 Å². The Kier molecular flexibility index (Phi) is 6.74. The second kappa shape index (κ2) is 9.00. The fraction of sp³-hybridized carbons (Fsp3) is 0.389. The van der Waals surface area contributed by atoms with Gasteiger partial charge < -0.3 is 24.8 Å². The molecule has 8 heteroatoms. The monoisotopic (exact) mass is 362 g/mol. The number of hydrogen-bond acceptors (Lipinski definition) is 6.